The Morgan fingerprint density at radius 2 is 2.11 bits per heavy atom. The highest BCUT2D eigenvalue weighted by molar-refractivity contribution is 5.68. The lowest BCUT2D eigenvalue weighted by atomic mass is 10.1. The molecule has 0 fully saturated rings. The van der Waals surface area contributed by atoms with Gasteiger partial charge in [0, 0.05) is 11.6 Å². The van der Waals surface area contributed by atoms with E-state index in [1.165, 1.54) is 7.11 Å². The molecule has 0 aliphatic carbocycles. The molecule has 0 aliphatic heterocycles. The summed E-state index contributed by atoms with van der Waals surface area (Å²) in [6.07, 6.45) is 4.07. The van der Waals surface area contributed by atoms with Crippen LogP contribution in [-0.4, -0.2) is 7.11 Å². The summed E-state index contributed by atoms with van der Waals surface area (Å²) in [5.41, 5.74) is 2.40. The normalized spacial score (nSPS) is 10.1. The molecule has 2 rings (SSSR count). The molecule has 4 nitrogen and oxygen atoms in total. The van der Waals surface area contributed by atoms with Gasteiger partial charge < -0.3 is 4.74 Å². The summed E-state index contributed by atoms with van der Waals surface area (Å²) in [5.74, 6) is 0.495. The van der Waals surface area contributed by atoms with Crippen molar-refractivity contribution < 1.29 is 9.30 Å². The van der Waals surface area contributed by atoms with E-state index in [9.17, 15) is 4.91 Å². The van der Waals surface area contributed by atoms with E-state index < -0.39 is 0 Å². The Bertz CT molecular complexity index is 567. The molecule has 1 aromatic heterocycles. The van der Waals surface area contributed by atoms with Crippen LogP contribution in [0.3, 0.4) is 0 Å². The quantitative estimate of drug-likeness (QED) is 0.611. The molecule has 2 aromatic rings. The van der Waals surface area contributed by atoms with Gasteiger partial charge in [0.1, 0.15) is 18.0 Å². The van der Waals surface area contributed by atoms with Gasteiger partial charge >= 0.3 is 0 Å². The lowest BCUT2D eigenvalue weighted by molar-refractivity contribution is -0.693. The highest BCUT2D eigenvalue weighted by Crippen LogP contribution is 2.31. The van der Waals surface area contributed by atoms with E-state index in [0.29, 0.717) is 11.4 Å². The number of nitroso groups, excluding NO2 is 1. The van der Waals surface area contributed by atoms with Crippen molar-refractivity contribution in [3.63, 3.8) is 0 Å². The molecule has 0 radical (unpaired) electrons. The first-order valence-corrected chi connectivity index (χ1v) is 5.79. The Labute approximate surface area is 106 Å². The fraction of sp³-hybridized carbons (Fsp3) is 0.214. The zero-order valence-electron chi connectivity index (χ0n) is 10.5. The van der Waals surface area contributed by atoms with Gasteiger partial charge in [0.2, 0.25) is 0 Å². The molecule has 0 saturated heterocycles. The Morgan fingerprint density at radius 3 is 2.78 bits per heavy atom. The number of pyridine rings is 1. The van der Waals surface area contributed by atoms with Crippen molar-refractivity contribution >= 4 is 5.69 Å². The van der Waals surface area contributed by atoms with Crippen LogP contribution in [0.15, 0.2) is 47.9 Å². The monoisotopic (exact) mass is 243 g/mol. The zero-order valence-corrected chi connectivity index (χ0v) is 10.5. The van der Waals surface area contributed by atoms with E-state index in [4.69, 9.17) is 4.74 Å². The van der Waals surface area contributed by atoms with E-state index in [0.717, 1.165) is 17.7 Å². The standard InChI is InChI=1S/C14H15N2O2/c1-3-16-8-4-5-12(10-16)11-6-7-13(15-17)14(9-11)18-2/h4-10H,3H2,1-2H3/q+1. The topological polar surface area (TPSA) is 42.5 Å². The van der Waals surface area contributed by atoms with Crippen LogP contribution in [0, 0.1) is 4.91 Å². The fourth-order valence-electron chi connectivity index (χ4n) is 1.82. The lowest BCUT2D eigenvalue weighted by Crippen LogP contribution is -2.30. The molecule has 0 unspecified atom stereocenters. The predicted molar refractivity (Wildman–Crippen MR) is 69.8 cm³/mol. The van der Waals surface area contributed by atoms with Gasteiger partial charge in [-0.25, -0.2) is 4.57 Å². The number of hydrogen-bond donors (Lipinski definition) is 0. The van der Waals surface area contributed by atoms with Crippen molar-refractivity contribution in [3.05, 3.63) is 47.6 Å². The van der Waals surface area contributed by atoms with Gasteiger partial charge in [-0.2, -0.15) is 0 Å². The molecule has 0 amide bonds. The minimum atomic E-state index is 0.320. The summed E-state index contributed by atoms with van der Waals surface area (Å²) >= 11 is 0. The Balaban J connectivity index is 2.47. The van der Waals surface area contributed by atoms with Crippen LogP contribution in [-0.2, 0) is 6.54 Å². The Kier molecular flexibility index (Phi) is 3.67. The van der Waals surface area contributed by atoms with E-state index in [1.54, 1.807) is 6.07 Å². The van der Waals surface area contributed by atoms with Gasteiger partial charge in [0.25, 0.3) is 0 Å². The number of methoxy groups -OCH3 is 1. The van der Waals surface area contributed by atoms with Gasteiger partial charge in [-0.05, 0) is 35.9 Å². The zero-order chi connectivity index (χ0) is 13.0. The summed E-state index contributed by atoms with van der Waals surface area (Å²) in [7, 11) is 1.53. The van der Waals surface area contributed by atoms with Crippen molar-refractivity contribution in [2.75, 3.05) is 7.11 Å². The molecule has 0 N–H and O–H groups in total. The molecule has 0 spiro atoms. The molecular formula is C14H15N2O2+. The summed E-state index contributed by atoms with van der Waals surface area (Å²) in [5, 5.41) is 2.93. The third kappa shape index (κ3) is 2.37. The Hall–Kier alpha value is -2.23. The smallest absolute Gasteiger partial charge is 0.176 e. The first-order valence-electron chi connectivity index (χ1n) is 5.79. The predicted octanol–water partition coefficient (Wildman–Crippen LogP) is 3.07. The van der Waals surface area contributed by atoms with Crippen molar-refractivity contribution in [3.8, 4) is 16.9 Å². The van der Waals surface area contributed by atoms with Crippen LogP contribution in [0.25, 0.3) is 11.1 Å². The third-order valence-corrected chi connectivity index (χ3v) is 2.83. The molecule has 0 atom stereocenters. The van der Waals surface area contributed by atoms with Gasteiger partial charge in [-0.1, -0.05) is 6.07 Å². The summed E-state index contributed by atoms with van der Waals surface area (Å²) < 4.78 is 7.25. The van der Waals surface area contributed by atoms with E-state index in [2.05, 4.69) is 22.9 Å². The maximum absolute atomic E-state index is 10.6. The lowest BCUT2D eigenvalue weighted by Gasteiger charge is -2.05. The number of aryl methyl sites for hydroxylation is 1. The number of hydrogen-bond acceptors (Lipinski definition) is 3. The minimum absolute atomic E-state index is 0.320. The Morgan fingerprint density at radius 1 is 1.28 bits per heavy atom. The van der Waals surface area contributed by atoms with Crippen LogP contribution >= 0.6 is 0 Å². The molecular weight excluding hydrogens is 228 g/mol. The molecule has 0 bridgehead atoms. The summed E-state index contributed by atoms with van der Waals surface area (Å²) in [6, 6.07) is 9.39. The van der Waals surface area contributed by atoms with Gasteiger partial charge in [0.05, 0.1) is 7.11 Å². The second-order valence-corrected chi connectivity index (χ2v) is 3.90. The van der Waals surface area contributed by atoms with Crippen molar-refractivity contribution in [1.82, 2.24) is 0 Å². The van der Waals surface area contributed by atoms with E-state index in [-0.39, 0.29) is 0 Å². The fourth-order valence-corrected chi connectivity index (χ4v) is 1.82. The summed E-state index contributed by atoms with van der Waals surface area (Å²) in [6.45, 7) is 3.00. The minimum Gasteiger partial charge on any atom is -0.494 e. The maximum Gasteiger partial charge on any atom is 0.176 e. The molecule has 1 heterocycles. The van der Waals surface area contributed by atoms with Gasteiger partial charge in [0.15, 0.2) is 12.4 Å². The van der Waals surface area contributed by atoms with Crippen molar-refractivity contribution in [2.24, 2.45) is 5.18 Å². The largest absolute Gasteiger partial charge is 0.494 e. The molecule has 4 heteroatoms. The summed E-state index contributed by atoms with van der Waals surface area (Å²) in [4.78, 5) is 10.6. The van der Waals surface area contributed by atoms with E-state index >= 15 is 0 Å². The third-order valence-electron chi connectivity index (χ3n) is 2.83. The molecule has 1 aromatic carbocycles. The van der Waals surface area contributed by atoms with Crippen LogP contribution in [0.5, 0.6) is 5.75 Å². The van der Waals surface area contributed by atoms with Gasteiger partial charge in [-0.15, -0.1) is 4.91 Å². The van der Waals surface area contributed by atoms with Crippen LogP contribution in [0.4, 0.5) is 5.69 Å². The maximum atomic E-state index is 10.6. The average Bonchev–Trinajstić information content (AvgIpc) is 2.46. The molecule has 0 saturated carbocycles. The van der Waals surface area contributed by atoms with Crippen LogP contribution < -0.4 is 9.30 Å². The number of benzene rings is 1. The van der Waals surface area contributed by atoms with Gasteiger partial charge in [-0.3, -0.25) is 0 Å². The van der Waals surface area contributed by atoms with Crippen molar-refractivity contribution in [2.45, 2.75) is 13.5 Å². The van der Waals surface area contributed by atoms with E-state index in [1.807, 2.05) is 30.5 Å². The number of nitrogens with zero attached hydrogens (tertiary/aromatic N) is 2. The second-order valence-electron chi connectivity index (χ2n) is 3.90. The highest BCUT2D eigenvalue weighted by Gasteiger charge is 2.08. The van der Waals surface area contributed by atoms with Crippen LogP contribution in [0.2, 0.25) is 0 Å². The molecule has 92 valence electrons. The number of aromatic nitrogens is 1. The number of rotatable bonds is 4. The molecule has 0 aliphatic rings. The second kappa shape index (κ2) is 5.40. The first-order chi connectivity index (χ1) is 8.78. The number of ether oxygens (including phenoxy) is 1. The van der Waals surface area contributed by atoms with Crippen LogP contribution in [0.1, 0.15) is 6.92 Å². The highest BCUT2D eigenvalue weighted by atomic mass is 16.5. The van der Waals surface area contributed by atoms with Crippen molar-refractivity contribution in [1.29, 1.82) is 0 Å². The molecule has 18 heavy (non-hydrogen) atoms. The SMILES string of the molecule is CC[n+]1cccc(-c2ccc(N=O)c(OC)c2)c1. The first kappa shape index (κ1) is 12.2. The average molecular weight is 243 g/mol.